The van der Waals surface area contributed by atoms with E-state index in [2.05, 4.69) is 5.28 Å². The van der Waals surface area contributed by atoms with Gasteiger partial charge in [-0.2, -0.15) is 0 Å². The lowest BCUT2D eigenvalue weighted by molar-refractivity contribution is -0.712. The van der Waals surface area contributed by atoms with E-state index in [1.54, 1.807) is 45.0 Å². The highest BCUT2D eigenvalue weighted by Crippen LogP contribution is 2.16. The number of benzene rings is 1. The number of esters is 1. The fourth-order valence-electron chi connectivity index (χ4n) is 1.85. The number of hydrogen-bond acceptors (Lipinski definition) is 6. The Bertz CT molecular complexity index is 642. The van der Waals surface area contributed by atoms with Crippen molar-refractivity contribution >= 4 is 11.9 Å². The number of likely N-dealkylation sites (N-methyl/N-ethyl adjacent to an activating group) is 1. The van der Waals surface area contributed by atoms with Gasteiger partial charge in [-0.3, -0.25) is 9.63 Å². The fourth-order valence-corrected chi connectivity index (χ4v) is 1.85. The number of carbonyl (C=O) groups excluding carboxylic acids is 1. The molecule has 9 nitrogen and oxygen atoms in total. The number of carboxylic acids is 1. The number of ether oxygens (including phenoxy) is 1. The molecular formula is C17H25N3O6. The van der Waals surface area contributed by atoms with Gasteiger partial charge < -0.3 is 15.1 Å². The summed E-state index contributed by atoms with van der Waals surface area (Å²) < 4.78 is 4.99. The molecule has 1 rings (SSSR count). The summed E-state index contributed by atoms with van der Waals surface area (Å²) in [5, 5.41) is 25.5. The standard InChI is InChI=1S/C17H25N3O6/c1-12(25-16(23)17(2,3)4)26-18-20(24)19(5)14(15(21)22)11-13-9-7-6-8-10-13/h6-10,12,14H,11H2,1-5H3,(H,21,22)/t12?,14-/m0/s1. The molecule has 26 heavy (non-hydrogen) atoms. The molecule has 9 heteroatoms. The van der Waals surface area contributed by atoms with Crippen molar-refractivity contribution in [3.8, 4) is 0 Å². The summed E-state index contributed by atoms with van der Waals surface area (Å²) in [7, 11) is 1.29. The molecule has 0 amide bonds. The molecule has 0 fully saturated rings. The second-order valence-electron chi connectivity index (χ2n) is 6.78. The van der Waals surface area contributed by atoms with Gasteiger partial charge in [0.2, 0.25) is 5.28 Å². The van der Waals surface area contributed by atoms with E-state index in [0.717, 1.165) is 10.6 Å². The molecule has 144 valence electrons. The van der Waals surface area contributed by atoms with E-state index in [-0.39, 0.29) is 11.4 Å². The predicted octanol–water partition coefficient (Wildman–Crippen LogP) is 2.36. The van der Waals surface area contributed by atoms with Gasteiger partial charge in [0.1, 0.15) is 0 Å². The van der Waals surface area contributed by atoms with Crippen molar-refractivity contribution < 1.29 is 29.2 Å². The number of rotatable bonds is 8. The van der Waals surface area contributed by atoms with Crippen LogP contribution in [0.5, 0.6) is 0 Å². The van der Waals surface area contributed by atoms with Crippen molar-refractivity contribution in [2.75, 3.05) is 7.05 Å². The maximum atomic E-state index is 12.0. The van der Waals surface area contributed by atoms with E-state index in [0.29, 0.717) is 0 Å². The minimum Gasteiger partial charge on any atom is -0.569 e. The van der Waals surface area contributed by atoms with Gasteiger partial charge in [-0.05, 0) is 26.3 Å². The van der Waals surface area contributed by atoms with Gasteiger partial charge in [-0.25, -0.2) is 4.79 Å². The van der Waals surface area contributed by atoms with E-state index in [1.165, 1.54) is 14.0 Å². The molecule has 0 heterocycles. The third-order valence-electron chi connectivity index (χ3n) is 3.43. The molecule has 0 aromatic heterocycles. The molecule has 0 radical (unpaired) electrons. The number of hydrogen-bond donors (Lipinski definition) is 1. The third kappa shape index (κ3) is 6.58. The molecule has 1 N–H and O–H groups in total. The third-order valence-corrected chi connectivity index (χ3v) is 3.43. The van der Waals surface area contributed by atoms with Crippen LogP contribution in [0.25, 0.3) is 0 Å². The van der Waals surface area contributed by atoms with Gasteiger partial charge in [0.25, 0.3) is 6.29 Å². The van der Waals surface area contributed by atoms with Crippen molar-refractivity contribution in [3.05, 3.63) is 41.1 Å². The molecular weight excluding hydrogens is 342 g/mol. The molecule has 1 aromatic carbocycles. The Hall–Kier alpha value is -2.84. The largest absolute Gasteiger partial charge is 0.569 e. The summed E-state index contributed by atoms with van der Waals surface area (Å²) in [5.41, 5.74) is 0.0314. The van der Waals surface area contributed by atoms with Crippen LogP contribution < -0.4 is 0 Å². The summed E-state index contributed by atoms with van der Waals surface area (Å²) >= 11 is 0. The van der Waals surface area contributed by atoms with E-state index < -0.39 is 29.7 Å². The van der Waals surface area contributed by atoms with Crippen molar-refractivity contribution in [1.82, 2.24) is 5.01 Å². The highest BCUT2D eigenvalue weighted by Gasteiger charge is 2.30. The zero-order valence-corrected chi connectivity index (χ0v) is 15.6. The van der Waals surface area contributed by atoms with Crippen LogP contribution in [0.4, 0.5) is 0 Å². The van der Waals surface area contributed by atoms with Crippen LogP contribution in [-0.4, -0.2) is 46.4 Å². The number of nitrogens with zero attached hydrogens (tertiary/aromatic N) is 3. The fraction of sp³-hybridized carbons (Fsp3) is 0.529. The second kappa shape index (κ2) is 9.02. The van der Waals surface area contributed by atoms with Crippen LogP contribution in [0.2, 0.25) is 0 Å². The molecule has 1 unspecified atom stereocenters. The molecule has 0 aliphatic rings. The molecule has 0 bridgehead atoms. The maximum absolute atomic E-state index is 12.0. The predicted molar refractivity (Wildman–Crippen MR) is 91.5 cm³/mol. The normalized spacial score (nSPS) is 14.3. The topological polar surface area (TPSA) is 114 Å². The van der Waals surface area contributed by atoms with E-state index in [4.69, 9.17) is 9.57 Å². The summed E-state index contributed by atoms with van der Waals surface area (Å²) in [6, 6.07) is 7.76. The van der Waals surface area contributed by atoms with Crippen LogP contribution in [0.3, 0.4) is 0 Å². The monoisotopic (exact) mass is 367 g/mol. The minimum absolute atomic E-state index is 0.0170. The SMILES string of the molecule is CC(ON=[N+]([O-])N(C)[C@@H](Cc1ccccc1)C(=O)O)OC(=O)C(C)(C)C. The van der Waals surface area contributed by atoms with Crippen LogP contribution in [-0.2, 0) is 25.6 Å². The van der Waals surface area contributed by atoms with Crippen molar-refractivity contribution in [1.29, 1.82) is 0 Å². The van der Waals surface area contributed by atoms with Gasteiger partial charge >= 0.3 is 11.9 Å². The summed E-state index contributed by atoms with van der Waals surface area (Å²) in [4.78, 5) is 28.1. The Labute approximate surface area is 152 Å². The van der Waals surface area contributed by atoms with E-state index in [9.17, 15) is 19.9 Å². The molecule has 0 spiro atoms. The van der Waals surface area contributed by atoms with Gasteiger partial charge in [-0.1, -0.05) is 30.3 Å². The molecule has 0 saturated heterocycles. The Morgan fingerprint density at radius 1 is 1.31 bits per heavy atom. The Morgan fingerprint density at radius 2 is 1.88 bits per heavy atom. The first kappa shape index (κ1) is 21.2. The lowest BCUT2D eigenvalue weighted by Gasteiger charge is -2.21. The molecule has 0 aliphatic heterocycles. The zero-order chi connectivity index (χ0) is 19.9. The summed E-state index contributed by atoms with van der Waals surface area (Å²) in [6.45, 7) is 6.43. The molecule has 0 aliphatic carbocycles. The van der Waals surface area contributed by atoms with Crippen LogP contribution in [0.1, 0.15) is 33.3 Å². The number of carbonyl (C=O) groups is 2. The minimum atomic E-state index is -1.18. The number of hydrazine groups is 1. The van der Waals surface area contributed by atoms with Crippen molar-refractivity contribution in [3.63, 3.8) is 0 Å². The van der Waals surface area contributed by atoms with E-state index in [1.807, 2.05) is 6.07 Å². The van der Waals surface area contributed by atoms with Crippen LogP contribution in [0.15, 0.2) is 35.6 Å². The van der Waals surface area contributed by atoms with E-state index >= 15 is 0 Å². The molecule has 2 atom stereocenters. The van der Waals surface area contributed by atoms with Gasteiger partial charge in [0.05, 0.1) is 17.4 Å². The van der Waals surface area contributed by atoms with Gasteiger partial charge in [0, 0.05) is 13.3 Å². The smallest absolute Gasteiger partial charge is 0.332 e. The summed E-state index contributed by atoms with van der Waals surface area (Å²) in [5.74, 6) is -1.70. The molecule has 0 saturated carbocycles. The Balaban J connectivity index is 2.72. The highest BCUT2D eigenvalue weighted by atomic mass is 16.8. The first-order valence-corrected chi connectivity index (χ1v) is 8.07. The van der Waals surface area contributed by atoms with Gasteiger partial charge in [-0.15, -0.1) is 5.01 Å². The Kier molecular flexibility index (Phi) is 7.36. The average molecular weight is 367 g/mol. The molecule has 1 aromatic rings. The van der Waals surface area contributed by atoms with Crippen LogP contribution >= 0.6 is 0 Å². The number of aliphatic carboxylic acids is 1. The van der Waals surface area contributed by atoms with Crippen LogP contribution in [0, 0.1) is 10.6 Å². The second-order valence-corrected chi connectivity index (χ2v) is 6.78. The van der Waals surface area contributed by atoms with Crippen molar-refractivity contribution in [2.45, 2.75) is 46.4 Å². The maximum Gasteiger partial charge on any atom is 0.332 e. The first-order valence-electron chi connectivity index (χ1n) is 8.07. The quantitative estimate of drug-likeness (QED) is 0.246. The zero-order valence-electron chi connectivity index (χ0n) is 15.6. The first-order chi connectivity index (χ1) is 12.0. The van der Waals surface area contributed by atoms with Gasteiger partial charge in [0.15, 0.2) is 6.04 Å². The lowest BCUT2D eigenvalue weighted by Crippen LogP contribution is -2.44. The summed E-state index contributed by atoms with van der Waals surface area (Å²) in [6.07, 6.45) is -0.987. The number of carboxylic acid groups (broad SMARTS) is 1. The highest BCUT2D eigenvalue weighted by molar-refractivity contribution is 5.75. The average Bonchev–Trinajstić information content (AvgIpc) is 2.56. The Morgan fingerprint density at radius 3 is 2.38 bits per heavy atom. The lowest BCUT2D eigenvalue weighted by atomic mass is 9.97. The van der Waals surface area contributed by atoms with Crippen molar-refractivity contribution in [2.24, 2.45) is 10.7 Å².